The first kappa shape index (κ1) is 21.6. The minimum absolute atomic E-state index is 0.968. The van der Waals surface area contributed by atoms with Crippen LogP contribution in [-0.4, -0.2) is 0 Å². The lowest BCUT2D eigenvalue weighted by Crippen LogP contribution is -1.86. The molecule has 1 heterocycles. The standard InChI is InChI=1S/C23H14O.3C2H6/c1-2-8-15-14(7-1)13-19-16-9-3-4-10-17(16)23-22(21(15)19)18-11-5-6-12-20(18)24-23;3*1-2/h1-12H,13H2;3*1-2H3. The number of para-hydroxylation sites is 1. The highest BCUT2D eigenvalue weighted by Gasteiger charge is 2.26. The van der Waals surface area contributed by atoms with E-state index in [2.05, 4.69) is 66.7 Å². The molecule has 0 spiro atoms. The van der Waals surface area contributed by atoms with Crippen LogP contribution in [-0.2, 0) is 6.42 Å². The summed E-state index contributed by atoms with van der Waals surface area (Å²) in [4.78, 5) is 0. The molecule has 0 bridgehead atoms. The summed E-state index contributed by atoms with van der Waals surface area (Å²) < 4.78 is 6.31. The summed E-state index contributed by atoms with van der Waals surface area (Å²) in [7, 11) is 0. The van der Waals surface area contributed by atoms with Crippen LogP contribution in [0.15, 0.2) is 77.2 Å². The Kier molecular flexibility index (Phi) is 6.95. The van der Waals surface area contributed by atoms with Crippen LogP contribution in [0.4, 0.5) is 0 Å². The maximum atomic E-state index is 6.31. The van der Waals surface area contributed by atoms with Crippen molar-refractivity contribution in [2.75, 3.05) is 0 Å². The molecular weight excluding hydrogens is 364 g/mol. The van der Waals surface area contributed by atoms with Gasteiger partial charge < -0.3 is 4.42 Å². The minimum Gasteiger partial charge on any atom is -0.455 e. The van der Waals surface area contributed by atoms with Gasteiger partial charge in [0.05, 0.1) is 0 Å². The van der Waals surface area contributed by atoms with Gasteiger partial charge in [-0.2, -0.15) is 0 Å². The summed E-state index contributed by atoms with van der Waals surface area (Å²) in [5.74, 6) is 0. The van der Waals surface area contributed by atoms with Crippen LogP contribution >= 0.6 is 0 Å². The van der Waals surface area contributed by atoms with E-state index in [4.69, 9.17) is 4.42 Å². The molecule has 5 aromatic rings. The van der Waals surface area contributed by atoms with Crippen molar-refractivity contribution in [2.24, 2.45) is 0 Å². The first-order valence-electron chi connectivity index (χ1n) is 11.3. The predicted molar refractivity (Wildman–Crippen MR) is 134 cm³/mol. The highest BCUT2D eigenvalue weighted by molar-refractivity contribution is 6.23. The summed E-state index contributed by atoms with van der Waals surface area (Å²) in [6.07, 6.45) is 1.00. The van der Waals surface area contributed by atoms with Gasteiger partial charge in [0.2, 0.25) is 0 Å². The zero-order valence-corrected chi connectivity index (χ0v) is 19.0. The lowest BCUT2D eigenvalue weighted by molar-refractivity contribution is 0.672. The molecule has 154 valence electrons. The van der Waals surface area contributed by atoms with Crippen molar-refractivity contribution in [1.29, 1.82) is 0 Å². The molecule has 0 amide bonds. The molecule has 0 saturated carbocycles. The van der Waals surface area contributed by atoms with Crippen molar-refractivity contribution in [3.63, 3.8) is 0 Å². The molecule has 30 heavy (non-hydrogen) atoms. The third-order valence-corrected chi connectivity index (χ3v) is 5.30. The maximum absolute atomic E-state index is 6.31. The van der Waals surface area contributed by atoms with Crippen LogP contribution < -0.4 is 0 Å². The summed E-state index contributed by atoms with van der Waals surface area (Å²) in [5, 5.41) is 5.01. The van der Waals surface area contributed by atoms with Crippen molar-refractivity contribution < 1.29 is 4.42 Å². The third kappa shape index (κ3) is 3.29. The molecule has 0 N–H and O–H groups in total. The molecule has 0 radical (unpaired) electrons. The van der Waals surface area contributed by atoms with Gasteiger partial charge in [0.25, 0.3) is 0 Å². The van der Waals surface area contributed by atoms with Gasteiger partial charge in [0.15, 0.2) is 0 Å². The second kappa shape index (κ2) is 9.63. The Morgan fingerprint density at radius 2 is 1.17 bits per heavy atom. The van der Waals surface area contributed by atoms with E-state index in [9.17, 15) is 0 Å². The molecular formula is C29H32O. The molecule has 0 fully saturated rings. The molecule has 1 aromatic heterocycles. The van der Waals surface area contributed by atoms with Crippen molar-refractivity contribution >= 4 is 32.7 Å². The molecule has 1 aliphatic carbocycles. The van der Waals surface area contributed by atoms with Gasteiger partial charge in [-0.3, -0.25) is 0 Å². The van der Waals surface area contributed by atoms with E-state index in [1.54, 1.807) is 0 Å². The topological polar surface area (TPSA) is 13.1 Å². The fourth-order valence-corrected chi connectivity index (χ4v) is 4.30. The Morgan fingerprint density at radius 3 is 1.90 bits per heavy atom. The maximum Gasteiger partial charge on any atom is 0.143 e. The number of hydrogen-bond donors (Lipinski definition) is 0. The first-order chi connectivity index (χ1) is 14.9. The van der Waals surface area contributed by atoms with Gasteiger partial charge in [0.1, 0.15) is 11.2 Å². The number of fused-ring (bicyclic) bond motifs is 10. The fraction of sp³-hybridized carbons (Fsp3) is 0.241. The van der Waals surface area contributed by atoms with Crippen LogP contribution in [0.3, 0.4) is 0 Å². The molecule has 1 heteroatoms. The van der Waals surface area contributed by atoms with Crippen molar-refractivity contribution in [2.45, 2.75) is 48.0 Å². The van der Waals surface area contributed by atoms with Gasteiger partial charge in [-0.05, 0) is 40.1 Å². The Balaban J connectivity index is 0.000000395. The Labute approximate surface area is 180 Å². The number of rotatable bonds is 0. The lowest BCUT2D eigenvalue weighted by Gasteiger charge is -2.08. The molecule has 0 atom stereocenters. The number of furan rings is 1. The van der Waals surface area contributed by atoms with Crippen LogP contribution in [0.25, 0.3) is 43.8 Å². The summed E-state index contributed by atoms with van der Waals surface area (Å²) in [6.45, 7) is 12.0. The lowest BCUT2D eigenvalue weighted by atomic mass is 9.94. The molecule has 0 unspecified atom stereocenters. The SMILES string of the molecule is CC.CC.CC.c1ccc2c(c1)Cc1c-2c2c3ccccc3oc2c2ccccc12. The van der Waals surface area contributed by atoms with Gasteiger partial charge in [0, 0.05) is 16.2 Å². The van der Waals surface area contributed by atoms with Gasteiger partial charge in [-0.1, -0.05) is 108 Å². The van der Waals surface area contributed by atoms with E-state index in [-0.39, 0.29) is 0 Å². The van der Waals surface area contributed by atoms with Crippen molar-refractivity contribution in [3.8, 4) is 11.1 Å². The van der Waals surface area contributed by atoms with Crippen molar-refractivity contribution in [1.82, 2.24) is 0 Å². The fourth-order valence-electron chi connectivity index (χ4n) is 4.30. The normalized spacial score (nSPS) is 10.9. The summed E-state index contributed by atoms with van der Waals surface area (Å²) >= 11 is 0. The zero-order chi connectivity index (χ0) is 21.7. The first-order valence-corrected chi connectivity index (χ1v) is 11.3. The van der Waals surface area contributed by atoms with Crippen LogP contribution in [0, 0.1) is 0 Å². The van der Waals surface area contributed by atoms with Crippen LogP contribution in [0.1, 0.15) is 52.7 Å². The van der Waals surface area contributed by atoms with E-state index in [1.807, 2.05) is 47.6 Å². The van der Waals surface area contributed by atoms with E-state index >= 15 is 0 Å². The van der Waals surface area contributed by atoms with Gasteiger partial charge >= 0.3 is 0 Å². The molecule has 0 aliphatic heterocycles. The van der Waals surface area contributed by atoms with Gasteiger partial charge in [-0.25, -0.2) is 0 Å². The molecule has 4 aromatic carbocycles. The minimum atomic E-state index is 0.968. The second-order valence-corrected chi connectivity index (χ2v) is 6.54. The van der Waals surface area contributed by atoms with E-state index in [0.29, 0.717) is 0 Å². The highest BCUT2D eigenvalue weighted by atomic mass is 16.3. The summed E-state index contributed by atoms with van der Waals surface area (Å²) in [6, 6.07) is 25.8. The Hall–Kier alpha value is -3.06. The molecule has 1 aliphatic rings. The monoisotopic (exact) mass is 396 g/mol. The average Bonchev–Trinajstić information content (AvgIpc) is 3.42. The second-order valence-electron chi connectivity index (χ2n) is 6.54. The number of hydrogen-bond acceptors (Lipinski definition) is 1. The van der Waals surface area contributed by atoms with E-state index in [0.717, 1.165) is 17.6 Å². The van der Waals surface area contributed by atoms with Crippen molar-refractivity contribution in [3.05, 3.63) is 83.9 Å². The van der Waals surface area contributed by atoms with Gasteiger partial charge in [-0.15, -0.1) is 0 Å². The average molecular weight is 397 g/mol. The molecule has 0 saturated heterocycles. The largest absolute Gasteiger partial charge is 0.455 e. The Morgan fingerprint density at radius 1 is 0.600 bits per heavy atom. The van der Waals surface area contributed by atoms with E-state index < -0.39 is 0 Å². The zero-order valence-electron chi connectivity index (χ0n) is 19.0. The third-order valence-electron chi connectivity index (χ3n) is 5.30. The molecule has 6 rings (SSSR count). The van der Waals surface area contributed by atoms with Crippen LogP contribution in [0.2, 0.25) is 0 Å². The highest BCUT2D eigenvalue weighted by Crippen LogP contribution is 2.48. The smallest absolute Gasteiger partial charge is 0.143 e. The molecule has 1 nitrogen and oxygen atoms in total. The van der Waals surface area contributed by atoms with Crippen LogP contribution in [0.5, 0.6) is 0 Å². The predicted octanol–water partition coefficient (Wildman–Crippen LogP) is 9.39. The van der Waals surface area contributed by atoms with E-state index in [1.165, 1.54) is 43.8 Å². The Bertz CT molecular complexity index is 1270. The summed E-state index contributed by atoms with van der Waals surface area (Å²) in [5.41, 5.74) is 7.55. The number of benzene rings is 4. The quantitative estimate of drug-likeness (QED) is 0.249.